The van der Waals surface area contributed by atoms with Gasteiger partial charge >= 0.3 is 0 Å². The van der Waals surface area contributed by atoms with Crippen LogP contribution in [0.3, 0.4) is 0 Å². The van der Waals surface area contributed by atoms with Crippen LogP contribution in [0.15, 0.2) is 0 Å². The molecular formula is C13H25FN2O2. The van der Waals surface area contributed by atoms with Crippen molar-refractivity contribution in [3.05, 3.63) is 0 Å². The molecule has 2 atom stereocenters. The molecule has 5 heteroatoms. The summed E-state index contributed by atoms with van der Waals surface area (Å²) >= 11 is 0. The van der Waals surface area contributed by atoms with E-state index in [1.54, 1.807) is 0 Å². The lowest BCUT2D eigenvalue weighted by atomic mass is 9.99. The number of hydrogen-bond acceptors (Lipinski definition) is 3. The number of amides is 1. The summed E-state index contributed by atoms with van der Waals surface area (Å²) in [6, 6.07) is -1.41. The highest BCUT2D eigenvalue weighted by molar-refractivity contribution is 5.91. The monoisotopic (exact) mass is 260 g/mol. The van der Waals surface area contributed by atoms with Gasteiger partial charge in [0.15, 0.2) is 5.78 Å². The Morgan fingerprint density at radius 3 is 2.00 bits per heavy atom. The molecule has 18 heavy (non-hydrogen) atoms. The van der Waals surface area contributed by atoms with Crippen molar-refractivity contribution in [2.75, 3.05) is 6.67 Å². The second-order valence-electron chi connectivity index (χ2n) is 5.53. The van der Waals surface area contributed by atoms with Crippen LogP contribution in [0.2, 0.25) is 0 Å². The molecule has 0 fully saturated rings. The number of hydrogen-bond donors (Lipinski definition) is 2. The number of nitrogens with two attached hydrogens (primary N) is 1. The molecule has 0 aromatic rings. The van der Waals surface area contributed by atoms with Crippen LogP contribution in [-0.2, 0) is 9.59 Å². The van der Waals surface area contributed by atoms with Crippen LogP contribution in [0.25, 0.3) is 0 Å². The van der Waals surface area contributed by atoms with E-state index in [0.29, 0.717) is 18.8 Å². The van der Waals surface area contributed by atoms with Crippen LogP contribution in [0.4, 0.5) is 4.39 Å². The van der Waals surface area contributed by atoms with Crippen molar-refractivity contribution in [3.63, 3.8) is 0 Å². The third-order valence-corrected chi connectivity index (χ3v) is 2.61. The van der Waals surface area contributed by atoms with Crippen LogP contribution in [0, 0.1) is 11.8 Å². The molecule has 0 aromatic heterocycles. The molecule has 0 radical (unpaired) electrons. The van der Waals surface area contributed by atoms with Crippen molar-refractivity contribution in [2.45, 2.75) is 52.6 Å². The quantitative estimate of drug-likeness (QED) is 0.693. The third kappa shape index (κ3) is 6.69. The lowest BCUT2D eigenvalue weighted by Crippen LogP contribution is -2.49. The summed E-state index contributed by atoms with van der Waals surface area (Å²) in [5, 5.41) is 2.55. The highest BCUT2D eigenvalue weighted by atomic mass is 19.1. The number of halogens is 1. The maximum absolute atomic E-state index is 12.4. The Bertz CT molecular complexity index is 280. The fourth-order valence-electron chi connectivity index (χ4n) is 1.73. The van der Waals surface area contributed by atoms with E-state index in [0.717, 1.165) is 0 Å². The van der Waals surface area contributed by atoms with E-state index in [4.69, 9.17) is 5.73 Å². The van der Waals surface area contributed by atoms with Gasteiger partial charge in [-0.25, -0.2) is 4.39 Å². The van der Waals surface area contributed by atoms with Crippen LogP contribution in [0.1, 0.15) is 40.5 Å². The van der Waals surface area contributed by atoms with Gasteiger partial charge in [0, 0.05) is 0 Å². The number of carbonyl (C=O) groups excluding carboxylic acids is 2. The molecule has 0 saturated carbocycles. The number of alkyl halides is 1. The second kappa shape index (κ2) is 8.19. The molecule has 3 N–H and O–H groups in total. The minimum atomic E-state index is -1.06. The summed E-state index contributed by atoms with van der Waals surface area (Å²) in [5.74, 6) is -0.469. The number of nitrogens with one attached hydrogen (secondary N) is 1. The van der Waals surface area contributed by atoms with Gasteiger partial charge in [0.1, 0.15) is 6.67 Å². The SMILES string of the molecule is CC(C)C[C@H](NC(=O)[C@@H](N)CC(C)C)C(=O)CF. The molecule has 0 aliphatic heterocycles. The molecule has 0 spiro atoms. The number of ketones is 1. The van der Waals surface area contributed by atoms with Crippen molar-refractivity contribution in [1.82, 2.24) is 5.32 Å². The first kappa shape index (κ1) is 17.0. The van der Waals surface area contributed by atoms with Gasteiger partial charge in [-0.05, 0) is 24.7 Å². The summed E-state index contributed by atoms with van der Waals surface area (Å²) in [4.78, 5) is 23.2. The molecule has 0 aliphatic carbocycles. The topological polar surface area (TPSA) is 72.2 Å². The fraction of sp³-hybridized carbons (Fsp3) is 0.846. The van der Waals surface area contributed by atoms with E-state index < -0.39 is 24.5 Å². The molecule has 0 saturated heterocycles. The number of rotatable bonds is 8. The largest absolute Gasteiger partial charge is 0.345 e. The van der Waals surface area contributed by atoms with Gasteiger partial charge in [-0.1, -0.05) is 27.7 Å². The van der Waals surface area contributed by atoms with Gasteiger partial charge < -0.3 is 11.1 Å². The second-order valence-corrected chi connectivity index (χ2v) is 5.53. The van der Waals surface area contributed by atoms with Crippen LogP contribution in [-0.4, -0.2) is 30.4 Å². The lowest BCUT2D eigenvalue weighted by Gasteiger charge is -2.21. The van der Waals surface area contributed by atoms with E-state index >= 15 is 0 Å². The summed E-state index contributed by atoms with van der Waals surface area (Å²) in [5.41, 5.74) is 5.72. The van der Waals surface area contributed by atoms with Gasteiger partial charge in [0.25, 0.3) is 0 Å². The fourth-order valence-corrected chi connectivity index (χ4v) is 1.73. The molecule has 0 aromatic carbocycles. The summed E-state index contributed by atoms with van der Waals surface area (Å²) in [6.45, 7) is 6.70. The molecule has 0 aliphatic rings. The Morgan fingerprint density at radius 1 is 1.11 bits per heavy atom. The summed E-state index contributed by atoms with van der Waals surface area (Å²) < 4.78 is 12.4. The maximum Gasteiger partial charge on any atom is 0.237 e. The van der Waals surface area contributed by atoms with Crippen molar-refractivity contribution in [3.8, 4) is 0 Å². The molecule has 1 amide bonds. The first-order valence-corrected chi connectivity index (χ1v) is 6.42. The zero-order valence-electron chi connectivity index (χ0n) is 11.7. The van der Waals surface area contributed by atoms with Crippen LogP contribution < -0.4 is 11.1 Å². The summed E-state index contributed by atoms with van der Waals surface area (Å²) in [7, 11) is 0. The van der Waals surface area contributed by atoms with E-state index in [9.17, 15) is 14.0 Å². The normalized spacial score (nSPS) is 14.7. The standard InChI is InChI=1S/C13H25FN2O2/c1-8(2)5-10(15)13(18)16-11(6-9(3)4)12(17)7-14/h8-11H,5-7,15H2,1-4H3,(H,16,18)/t10-,11-/m0/s1. The Kier molecular flexibility index (Phi) is 7.75. The molecule has 0 unspecified atom stereocenters. The predicted molar refractivity (Wildman–Crippen MR) is 69.8 cm³/mol. The third-order valence-electron chi connectivity index (χ3n) is 2.61. The molecule has 0 rings (SSSR count). The Morgan fingerprint density at radius 2 is 1.61 bits per heavy atom. The Labute approximate surface area is 108 Å². The first-order chi connectivity index (χ1) is 8.27. The van der Waals surface area contributed by atoms with Crippen molar-refractivity contribution < 1.29 is 14.0 Å². The summed E-state index contributed by atoms with van der Waals surface area (Å²) in [6.07, 6.45) is 0.979. The number of Topliss-reactive ketones (excluding diaryl/α,β-unsaturated/α-hetero) is 1. The molecule has 4 nitrogen and oxygen atoms in total. The van der Waals surface area contributed by atoms with Gasteiger partial charge in [0.05, 0.1) is 12.1 Å². The Balaban J connectivity index is 4.47. The predicted octanol–water partition coefficient (Wildman–Crippen LogP) is 1.43. The van der Waals surface area contributed by atoms with Gasteiger partial charge in [-0.2, -0.15) is 0 Å². The highest BCUT2D eigenvalue weighted by Crippen LogP contribution is 2.08. The minimum absolute atomic E-state index is 0.201. The van der Waals surface area contributed by atoms with Crippen molar-refractivity contribution in [1.29, 1.82) is 0 Å². The van der Waals surface area contributed by atoms with Crippen molar-refractivity contribution in [2.24, 2.45) is 17.6 Å². The zero-order chi connectivity index (χ0) is 14.3. The molecular weight excluding hydrogens is 235 g/mol. The smallest absolute Gasteiger partial charge is 0.237 e. The average molecular weight is 260 g/mol. The first-order valence-electron chi connectivity index (χ1n) is 6.42. The maximum atomic E-state index is 12.4. The van der Waals surface area contributed by atoms with Gasteiger partial charge in [0.2, 0.25) is 5.91 Å². The van der Waals surface area contributed by atoms with Gasteiger partial charge in [-0.3, -0.25) is 9.59 Å². The van der Waals surface area contributed by atoms with Crippen molar-refractivity contribution >= 4 is 11.7 Å². The van der Waals surface area contributed by atoms with Crippen LogP contribution >= 0.6 is 0 Å². The molecule has 0 bridgehead atoms. The minimum Gasteiger partial charge on any atom is -0.345 e. The van der Waals surface area contributed by atoms with E-state index in [2.05, 4.69) is 5.32 Å². The lowest BCUT2D eigenvalue weighted by molar-refractivity contribution is -0.129. The average Bonchev–Trinajstić information content (AvgIpc) is 2.25. The van der Waals surface area contributed by atoms with E-state index in [1.165, 1.54) is 0 Å². The molecule has 106 valence electrons. The van der Waals surface area contributed by atoms with E-state index in [-0.39, 0.29) is 11.8 Å². The Hall–Kier alpha value is -0.970. The highest BCUT2D eigenvalue weighted by Gasteiger charge is 2.24. The van der Waals surface area contributed by atoms with Gasteiger partial charge in [-0.15, -0.1) is 0 Å². The number of carbonyl (C=O) groups is 2. The zero-order valence-corrected chi connectivity index (χ0v) is 11.7. The van der Waals surface area contributed by atoms with E-state index in [1.807, 2.05) is 27.7 Å². The molecule has 0 heterocycles. The van der Waals surface area contributed by atoms with Crippen LogP contribution in [0.5, 0.6) is 0 Å².